The predicted molar refractivity (Wildman–Crippen MR) is 58.5 cm³/mol. The lowest BCUT2D eigenvalue weighted by molar-refractivity contribution is -0.130. The van der Waals surface area contributed by atoms with E-state index in [0.29, 0.717) is 5.56 Å². The minimum Gasteiger partial charge on any atom is -0.480 e. The Morgan fingerprint density at radius 1 is 1.50 bits per heavy atom. The van der Waals surface area contributed by atoms with Crippen molar-refractivity contribution in [3.63, 3.8) is 0 Å². The van der Waals surface area contributed by atoms with Gasteiger partial charge in [-0.05, 0) is 6.07 Å². The molecule has 0 saturated heterocycles. The number of rotatable bonds is 4. The third-order valence-corrected chi connectivity index (χ3v) is 2.11. The number of benzene rings is 1. The SMILES string of the molecule is CN(C)C(=O)COc1c(F)cccc1CN. The zero-order valence-corrected chi connectivity index (χ0v) is 9.37. The lowest BCUT2D eigenvalue weighted by Crippen LogP contribution is -2.28. The molecule has 16 heavy (non-hydrogen) atoms. The molecule has 0 atom stereocenters. The van der Waals surface area contributed by atoms with Crippen LogP contribution in [0.25, 0.3) is 0 Å². The van der Waals surface area contributed by atoms with E-state index in [-0.39, 0.29) is 24.8 Å². The second kappa shape index (κ2) is 5.46. The maximum atomic E-state index is 13.4. The lowest BCUT2D eigenvalue weighted by Gasteiger charge is -2.13. The minimum absolute atomic E-state index is 0.0557. The molecule has 0 unspecified atom stereocenters. The van der Waals surface area contributed by atoms with E-state index in [4.69, 9.17) is 10.5 Å². The number of hydrogen-bond donors (Lipinski definition) is 1. The fraction of sp³-hybridized carbons (Fsp3) is 0.364. The summed E-state index contributed by atoms with van der Waals surface area (Å²) in [7, 11) is 3.22. The first-order valence-corrected chi connectivity index (χ1v) is 4.86. The third kappa shape index (κ3) is 2.93. The molecule has 5 heteroatoms. The summed E-state index contributed by atoms with van der Waals surface area (Å²) in [4.78, 5) is 12.7. The lowest BCUT2D eigenvalue weighted by atomic mass is 10.2. The number of likely N-dealkylation sites (N-methyl/N-ethyl adjacent to an activating group) is 1. The Morgan fingerprint density at radius 2 is 2.19 bits per heavy atom. The van der Waals surface area contributed by atoms with Gasteiger partial charge in [0.25, 0.3) is 5.91 Å². The van der Waals surface area contributed by atoms with Crippen LogP contribution in [0.1, 0.15) is 5.56 Å². The Balaban J connectivity index is 2.76. The van der Waals surface area contributed by atoms with Gasteiger partial charge in [0, 0.05) is 26.2 Å². The van der Waals surface area contributed by atoms with Crippen molar-refractivity contribution in [2.75, 3.05) is 20.7 Å². The van der Waals surface area contributed by atoms with Crippen LogP contribution >= 0.6 is 0 Å². The second-order valence-corrected chi connectivity index (χ2v) is 3.51. The quantitative estimate of drug-likeness (QED) is 0.824. The summed E-state index contributed by atoms with van der Waals surface area (Å²) < 4.78 is 18.5. The number of nitrogens with zero attached hydrogens (tertiary/aromatic N) is 1. The van der Waals surface area contributed by atoms with Crippen molar-refractivity contribution in [2.24, 2.45) is 5.73 Å². The fourth-order valence-corrected chi connectivity index (χ4v) is 1.14. The van der Waals surface area contributed by atoms with Crippen LogP contribution in [-0.4, -0.2) is 31.5 Å². The van der Waals surface area contributed by atoms with Crippen LogP contribution in [0.15, 0.2) is 18.2 Å². The summed E-state index contributed by atoms with van der Waals surface area (Å²) in [5, 5.41) is 0. The highest BCUT2D eigenvalue weighted by molar-refractivity contribution is 5.77. The van der Waals surface area contributed by atoms with E-state index >= 15 is 0 Å². The first kappa shape index (κ1) is 12.4. The van der Waals surface area contributed by atoms with E-state index in [2.05, 4.69) is 0 Å². The number of hydrogen-bond acceptors (Lipinski definition) is 3. The van der Waals surface area contributed by atoms with E-state index in [1.54, 1.807) is 26.2 Å². The summed E-state index contributed by atoms with van der Waals surface area (Å²) in [6.07, 6.45) is 0. The molecule has 4 nitrogen and oxygen atoms in total. The molecule has 0 saturated carbocycles. The molecular weight excluding hydrogens is 211 g/mol. The Morgan fingerprint density at radius 3 is 2.75 bits per heavy atom. The van der Waals surface area contributed by atoms with E-state index in [1.807, 2.05) is 0 Å². The van der Waals surface area contributed by atoms with Crippen molar-refractivity contribution in [3.8, 4) is 5.75 Å². The zero-order chi connectivity index (χ0) is 12.1. The van der Waals surface area contributed by atoms with Gasteiger partial charge in [0.05, 0.1) is 0 Å². The van der Waals surface area contributed by atoms with Crippen LogP contribution < -0.4 is 10.5 Å². The van der Waals surface area contributed by atoms with Crippen molar-refractivity contribution >= 4 is 5.91 Å². The van der Waals surface area contributed by atoms with Crippen LogP contribution in [-0.2, 0) is 11.3 Å². The van der Waals surface area contributed by atoms with Crippen molar-refractivity contribution in [1.82, 2.24) is 4.90 Å². The average molecular weight is 226 g/mol. The molecule has 0 aliphatic heterocycles. The first-order valence-electron chi connectivity index (χ1n) is 4.86. The monoisotopic (exact) mass is 226 g/mol. The minimum atomic E-state index is -0.505. The van der Waals surface area contributed by atoms with Gasteiger partial charge >= 0.3 is 0 Å². The van der Waals surface area contributed by atoms with Gasteiger partial charge in [0.2, 0.25) is 0 Å². The molecule has 0 spiro atoms. The van der Waals surface area contributed by atoms with Gasteiger partial charge in [-0.3, -0.25) is 4.79 Å². The van der Waals surface area contributed by atoms with Crippen LogP contribution in [0, 0.1) is 5.82 Å². The largest absolute Gasteiger partial charge is 0.480 e. The Bertz CT molecular complexity index is 380. The molecule has 0 fully saturated rings. The smallest absolute Gasteiger partial charge is 0.259 e. The van der Waals surface area contributed by atoms with Gasteiger partial charge < -0.3 is 15.4 Å². The van der Waals surface area contributed by atoms with Crippen LogP contribution in [0.2, 0.25) is 0 Å². The van der Waals surface area contributed by atoms with Crippen LogP contribution in [0.5, 0.6) is 5.75 Å². The number of carbonyl (C=O) groups is 1. The van der Waals surface area contributed by atoms with Crippen molar-refractivity contribution < 1.29 is 13.9 Å². The molecule has 0 aliphatic carbocycles. The molecule has 1 rings (SSSR count). The average Bonchev–Trinajstić information content (AvgIpc) is 2.26. The van der Waals surface area contributed by atoms with Gasteiger partial charge in [0.1, 0.15) is 0 Å². The molecule has 0 heterocycles. The number of para-hydroxylation sites is 1. The summed E-state index contributed by atoms with van der Waals surface area (Å²) in [5.41, 5.74) is 5.99. The molecule has 0 radical (unpaired) electrons. The van der Waals surface area contributed by atoms with E-state index in [9.17, 15) is 9.18 Å². The highest BCUT2D eigenvalue weighted by Gasteiger charge is 2.11. The van der Waals surface area contributed by atoms with E-state index in [0.717, 1.165) is 0 Å². The zero-order valence-electron chi connectivity index (χ0n) is 9.37. The maximum Gasteiger partial charge on any atom is 0.259 e. The van der Waals surface area contributed by atoms with Crippen LogP contribution in [0.4, 0.5) is 4.39 Å². The summed E-state index contributed by atoms with van der Waals surface area (Å²) in [5.74, 6) is -0.680. The first-order chi connectivity index (χ1) is 7.56. The van der Waals surface area contributed by atoms with Gasteiger partial charge in [-0.15, -0.1) is 0 Å². The van der Waals surface area contributed by atoms with Crippen molar-refractivity contribution in [1.29, 1.82) is 0 Å². The summed E-state index contributed by atoms with van der Waals surface area (Å²) in [6.45, 7) is -0.0236. The van der Waals surface area contributed by atoms with Gasteiger partial charge in [-0.1, -0.05) is 12.1 Å². The van der Waals surface area contributed by atoms with Crippen LogP contribution in [0.3, 0.4) is 0 Å². The third-order valence-electron chi connectivity index (χ3n) is 2.11. The number of amides is 1. The van der Waals surface area contributed by atoms with E-state index in [1.165, 1.54) is 11.0 Å². The molecule has 0 bridgehead atoms. The highest BCUT2D eigenvalue weighted by atomic mass is 19.1. The molecule has 88 valence electrons. The Labute approximate surface area is 93.8 Å². The van der Waals surface area contributed by atoms with Gasteiger partial charge in [-0.25, -0.2) is 4.39 Å². The Hall–Kier alpha value is -1.62. The maximum absolute atomic E-state index is 13.4. The number of halogens is 1. The molecule has 1 amide bonds. The van der Waals surface area contributed by atoms with Gasteiger partial charge in [0.15, 0.2) is 18.2 Å². The molecule has 1 aromatic carbocycles. The normalized spacial score (nSPS) is 10.0. The molecular formula is C11H15FN2O2. The molecule has 0 aliphatic rings. The predicted octanol–water partition coefficient (Wildman–Crippen LogP) is 0.751. The van der Waals surface area contributed by atoms with Crippen molar-refractivity contribution in [3.05, 3.63) is 29.6 Å². The fourth-order valence-electron chi connectivity index (χ4n) is 1.14. The number of nitrogens with two attached hydrogens (primary N) is 1. The molecule has 0 aromatic heterocycles. The molecule has 2 N–H and O–H groups in total. The topological polar surface area (TPSA) is 55.6 Å². The Kier molecular flexibility index (Phi) is 4.25. The molecule has 1 aromatic rings. The number of carbonyl (C=O) groups excluding carboxylic acids is 1. The summed E-state index contributed by atoms with van der Waals surface area (Å²) >= 11 is 0. The van der Waals surface area contributed by atoms with E-state index < -0.39 is 5.82 Å². The number of ether oxygens (including phenoxy) is 1. The summed E-state index contributed by atoms with van der Waals surface area (Å²) in [6, 6.07) is 4.49. The van der Waals surface area contributed by atoms with Gasteiger partial charge in [-0.2, -0.15) is 0 Å². The van der Waals surface area contributed by atoms with Crippen molar-refractivity contribution in [2.45, 2.75) is 6.54 Å². The standard InChI is InChI=1S/C11H15FN2O2/c1-14(2)10(15)7-16-11-8(6-13)4-3-5-9(11)12/h3-5H,6-7,13H2,1-2H3. The highest BCUT2D eigenvalue weighted by Crippen LogP contribution is 2.22. The second-order valence-electron chi connectivity index (χ2n) is 3.51.